The number of nitro benzene ring substituents is 1. The molecule has 4 rings (SSSR count). The largest absolute Gasteiger partial charge is 0.362 e. The molecule has 2 fully saturated rings. The van der Waals surface area contributed by atoms with Crippen LogP contribution in [0.4, 0.5) is 15.8 Å². The van der Waals surface area contributed by atoms with Crippen molar-refractivity contribution in [3.05, 3.63) is 64.0 Å². The SMILES string of the molecule is CN1CCN(S(=O)(=O)c2ccc(N3CCN(C(=O)c4ccccc4F)CC3)c([N+](=O)[O-])c2)CC1. The van der Waals surface area contributed by atoms with Gasteiger partial charge in [-0.1, -0.05) is 12.1 Å². The lowest BCUT2D eigenvalue weighted by Gasteiger charge is -2.36. The Morgan fingerprint density at radius 1 is 0.971 bits per heavy atom. The molecular formula is C22H26FN5O5S. The Morgan fingerprint density at radius 2 is 1.62 bits per heavy atom. The number of rotatable bonds is 5. The first-order valence-corrected chi connectivity index (χ1v) is 12.4. The molecule has 1 amide bonds. The number of nitro groups is 1. The molecule has 0 radical (unpaired) electrons. The van der Waals surface area contributed by atoms with E-state index in [1.165, 1.54) is 39.5 Å². The molecule has 0 spiro atoms. The number of nitrogens with zero attached hydrogens (tertiary/aromatic N) is 5. The van der Waals surface area contributed by atoms with Crippen molar-refractivity contribution in [2.75, 3.05) is 64.3 Å². The summed E-state index contributed by atoms with van der Waals surface area (Å²) in [6.07, 6.45) is 0. The van der Waals surface area contributed by atoms with Crippen molar-refractivity contribution in [1.82, 2.24) is 14.1 Å². The lowest BCUT2D eigenvalue weighted by atomic mass is 10.1. The standard InChI is InChI=1S/C22H26FN5O5S/c1-24-8-14-27(15-9-24)34(32,33)17-6-7-20(21(16-17)28(30)31)25-10-12-26(13-11-25)22(29)18-4-2-3-5-19(18)23/h2-7,16H,8-15H2,1H3. The van der Waals surface area contributed by atoms with Crippen molar-refractivity contribution < 1.29 is 22.5 Å². The molecule has 2 aromatic rings. The molecule has 0 bridgehead atoms. The predicted molar refractivity (Wildman–Crippen MR) is 124 cm³/mol. The summed E-state index contributed by atoms with van der Waals surface area (Å²) in [6, 6.07) is 9.71. The molecule has 2 aliphatic rings. The summed E-state index contributed by atoms with van der Waals surface area (Å²) in [7, 11) is -1.94. The number of benzene rings is 2. The second kappa shape index (κ2) is 9.65. The molecule has 0 aromatic heterocycles. The number of piperazine rings is 2. The fourth-order valence-corrected chi connectivity index (χ4v) is 5.65. The molecule has 0 N–H and O–H groups in total. The van der Waals surface area contributed by atoms with Crippen molar-refractivity contribution in [3.63, 3.8) is 0 Å². The van der Waals surface area contributed by atoms with Crippen molar-refractivity contribution in [2.45, 2.75) is 4.90 Å². The lowest BCUT2D eigenvalue weighted by molar-refractivity contribution is -0.384. The Balaban J connectivity index is 1.51. The molecule has 0 unspecified atom stereocenters. The number of sulfonamides is 1. The van der Waals surface area contributed by atoms with E-state index in [2.05, 4.69) is 0 Å². The number of hydrogen-bond donors (Lipinski definition) is 0. The zero-order valence-electron chi connectivity index (χ0n) is 18.8. The van der Waals surface area contributed by atoms with E-state index in [1.807, 2.05) is 11.9 Å². The highest BCUT2D eigenvalue weighted by Crippen LogP contribution is 2.33. The maximum Gasteiger partial charge on any atom is 0.293 e. The van der Waals surface area contributed by atoms with Crippen LogP contribution < -0.4 is 4.90 Å². The van der Waals surface area contributed by atoms with Crippen LogP contribution >= 0.6 is 0 Å². The van der Waals surface area contributed by atoms with Gasteiger partial charge >= 0.3 is 0 Å². The Morgan fingerprint density at radius 3 is 2.24 bits per heavy atom. The fourth-order valence-electron chi connectivity index (χ4n) is 4.21. The molecule has 0 aliphatic carbocycles. The lowest BCUT2D eigenvalue weighted by Crippen LogP contribution is -2.49. The van der Waals surface area contributed by atoms with Crippen LogP contribution in [0.15, 0.2) is 47.4 Å². The van der Waals surface area contributed by atoms with Crippen LogP contribution in [-0.4, -0.2) is 92.8 Å². The number of amides is 1. The van der Waals surface area contributed by atoms with Gasteiger partial charge < -0.3 is 14.7 Å². The molecule has 12 heteroatoms. The fraction of sp³-hybridized carbons (Fsp3) is 0.409. The average molecular weight is 492 g/mol. The Kier molecular flexibility index (Phi) is 6.82. The first-order chi connectivity index (χ1) is 16.2. The van der Waals surface area contributed by atoms with E-state index in [4.69, 9.17) is 0 Å². The summed E-state index contributed by atoms with van der Waals surface area (Å²) in [4.78, 5) is 29.0. The van der Waals surface area contributed by atoms with E-state index < -0.39 is 26.7 Å². The van der Waals surface area contributed by atoms with Crippen molar-refractivity contribution in [3.8, 4) is 0 Å². The number of likely N-dealkylation sites (N-methyl/N-ethyl adjacent to an activating group) is 1. The number of carbonyl (C=O) groups excluding carboxylic acids is 1. The summed E-state index contributed by atoms with van der Waals surface area (Å²) in [5.41, 5.74) is -0.0233. The number of anilines is 1. The van der Waals surface area contributed by atoms with Crippen LogP contribution in [0.2, 0.25) is 0 Å². The van der Waals surface area contributed by atoms with Crippen molar-refractivity contribution in [2.24, 2.45) is 0 Å². The summed E-state index contributed by atoms with van der Waals surface area (Å²) in [5, 5.41) is 11.8. The zero-order valence-corrected chi connectivity index (χ0v) is 19.6. The van der Waals surface area contributed by atoms with Gasteiger partial charge in [0.05, 0.1) is 15.4 Å². The monoisotopic (exact) mass is 491 g/mol. The highest BCUT2D eigenvalue weighted by molar-refractivity contribution is 7.89. The number of hydrogen-bond acceptors (Lipinski definition) is 7. The van der Waals surface area contributed by atoms with E-state index in [0.717, 1.165) is 6.07 Å². The third-order valence-corrected chi connectivity index (χ3v) is 8.15. The molecule has 2 heterocycles. The quantitative estimate of drug-likeness (QED) is 0.462. The van der Waals surface area contributed by atoms with Crippen LogP contribution in [-0.2, 0) is 10.0 Å². The summed E-state index contributed by atoms with van der Waals surface area (Å²) < 4.78 is 41.4. The molecule has 0 saturated carbocycles. The number of halogens is 1. The van der Waals surface area contributed by atoms with E-state index >= 15 is 0 Å². The van der Waals surface area contributed by atoms with E-state index in [0.29, 0.717) is 45.0 Å². The van der Waals surface area contributed by atoms with Gasteiger partial charge in [0.2, 0.25) is 10.0 Å². The molecule has 34 heavy (non-hydrogen) atoms. The van der Waals surface area contributed by atoms with E-state index in [9.17, 15) is 27.7 Å². The van der Waals surface area contributed by atoms with E-state index in [1.54, 1.807) is 11.0 Å². The normalized spacial score (nSPS) is 18.2. The van der Waals surface area contributed by atoms with Gasteiger partial charge in [0.25, 0.3) is 11.6 Å². The Bertz CT molecular complexity index is 1190. The molecule has 2 saturated heterocycles. The van der Waals surface area contributed by atoms with Gasteiger partial charge in [0.1, 0.15) is 11.5 Å². The minimum Gasteiger partial charge on any atom is -0.362 e. The first-order valence-electron chi connectivity index (χ1n) is 10.9. The predicted octanol–water partition coefficient (Wildman–Crippen LogP) is 1.63. The molecule has 182 valence electrons. The van der Waals surface area contributed by atoms with Crippen LogP contribution in [0.1, 0.15) is 10.4 Å². The highest BCUT2D eigenvalue weighted by Gasteiger charge is 2.32. The second-order valence-electron chi connectivity index (χ2n) is 8.37. The third kappa shape index (κ3) is 4.74. The van der Waals surface area contributed by atoms with Gasteiger partial charge in [-0.15, -0.1) is 0 Å². The molecule has 0 atom stereocenters. The average Bonchev–Trinajstić information content (AvgIpc) is 2.84. The van der Waals surface area contributed by atoms with Crippen LogP contribution in [0, 0.1) is 15.9 Å². The van der Waals surface area contributed by atoms with Crippen LogP contribution in [0.5, 0.6) is 0 Å². The maximum atomic E-state index is 14.0. The second-order valence-corrected chi connectivity index (χ2v) is 10.3. The highest BCUT2D eigenvalue weighted by atomic mass is 32.2. The van der Waals surface area contributed by atoms with Gasteiger partial charge in [-0.25, -0.2) is 12.8 Å². The third-order valence-electron chi connectivity index (χ3n) is 6.26. The minimum atomic E-state index is -3.85. The van der Waals surface area contributed by atoms with Gasteiger partial charge in [0.15, 0.2) is 0 Å². The molecular weight excluding hydrogens is 465 g/mol. The minimum absolute atomic E-state index is 0.0135. The Hall–Kier alpha value is -3.09. The van der Waals surface area contributed by atoms with Gasteiger partial charge in [-0.3, -0.25) is 14.9 Å². The molecule has 10 nitrogen and oxygen atoms in total. The zero-order chi connectivity index (χ0) is 24.5. The van der Waals surface area contributed by atoms with Crippen LogP contribution in [0.25, 0.3) is 0 Å². The van der Waals surface area contributed by atoms with Gasteiger partial charge in [-0.2, -0.15) is 4.31 Å². The van der Waals surface area contributed by atoms with Gasteiger partial charge in [-0.05, 0) is 31.3 Å². The number of carbonyl (C=O) groups is 1. The maximum absolute atomic E-state index is 14.0. The van der Waals surface area contributed by atoms with E-state index in [-0.39, 0.29) is 29.2 Å². The summed E-state index contributed by atoms with van der Waals surface area (Å²) >= 11 is 0. The first kappa shape index (κ1) is 24.0. The Labute approximate surface area is 197 Å². The van der Waals surface area contributed by atoms with Crippen molar-refractivity contribution in [1.29, 1.82) is 0 Å². The summed E-state index contributed by atoms with van der Waals surface area (Å²) in [6.45, 7) is 2.94. The molecule has 2 aliphatic heterocycles. The topological polar surface area (TPSA) is 107 Å². The van der Waals surface area contributed by atoms with Crippen LogP contribution in [0.3, 0.4) is 0 Å². The smallest absolute Gasteiger partial charge is 0.293 e. The molecule has 2 aromatic carbocycles. The summed E-state index contributed by atoms with van der Waals surface area (Å²) in [5.74, 6) is -1.02. The van der Waals surface area contributed by atoms with Crippen molar-refractivity contribution >= 4 is 27.3 Å². The van der Waals surface area contributed by atoms with Gasteiger partial charge in [0, 0.05) is 58.4 Å².